The van der Waals surface area contributed by atoms with Gasteiger partial charge in [-0.05, 0) is 13.8 Å². The normalized spacial score (nSPS) is 11.9. The van der Waals surface area contributed by atoms with Crippen LogP contribution in [0.3, 0.4) is 0 Å². The number of rotatable bonds is 3. The van der Waals surface area contributed by atoms with E-state index in [1.807, 2.05) is 20.0 Å². The molecule has 0 saturated carbocycles. The summed E-state index contributed by atoms with van der Waals surface area (Å²) in [7, 11) is 0. The SMILES string of the molecule is CC#CCCn1cncc1[C@H](C)N. The van der Waals surface area contributed by atoms with Crippen molar-refractivity contribution in [1.29, 1.82) is 0 Å². The van der Waals surface area contributed by atoms with Gasteiger partial charge in [0, 0.05) is 25.2 Å². The number of aromatic nitrogens is 2. The molecule has 0 amide bonds. The van der Waals surface area contributed by atoms with E-state index in [0.29, 0.717) is 0 Å². The molecule has 1 rings (SSSR count). The largest absolute Gasteiger partial charge is 0.332 e. The first-order chi connectivity index (χ1) is 6.25. The molecule has 1 atom stereocenters. The monoisotopic (exact) mass is 177 g/mol. The first-order valence-electron chi connectivity index (χ1n) is 4.41. The van der Waals surface area contributed by atoms with E-state index in [-0.39, 0.29) is 6.04 Å². The Kier molecular flexibility index (Phi) is 3.53. The molecule has 0 bridgehead atoms. The van der Waals surface area contributed by atoms with Crippen LogP contribution in [0.2, 0.25) is 0 Å². The second kappa shape index (κ2) is 4.68. The predicted molar refractivity (Wildman–Crippen MR) is 52.9 cm³/mol. The van der Waals surface area contributed by atoms with Gasteiger partial charge in [0.15, 0.2) is 0 Å². The third-order valence-electron chi connectivity index (χ3n) is 1.87. The summed E-state index contributed by atoms with van der Waals surface area (Å²) in [6, 6.07) is 0.0390. The molecule has 0 radical (unpaired) electrons. The predicted octanol–water partition coefficient (Wildman–Crippen LogP) is 1.32. The van der Waals surface area contributed by atoms with Crippen molar-refractivity contribution in [2.75, 3.05) is 0 Å². The Morgan fingerprint density at radius 1 is 1.69 bits per heavy atom. The second-order valence-electron chi connectivity index (χ2n) is 2.98. The van der Waals surface area contributed by atoms with Crippen LogP contribution in [0.5, 0.6) is 0 Å². The number of hydrogen-bond donors (Lipinski definition) is 1. The van der Waals surface area contributed by atoms with Crippen LogP contribution in [0.1, 0.15) is 32.0 Å². The van der Waals surface area contributed by atoms with E-state index >= 15 is 0 Å². The lowest BCUT2D eigenvalue weighted by Crippen LogP contribution is -2.11. The summed E-state index contributed by atoms with van der Waals surface area (Å²) in [6.45, 7) is 4.68. The molecule has 0 fully saturated rings. The Morgan fingerprint density at radius 2 is 2.46 bits per heavy atom. The number of aryl methyl sites for hydroxylation is 1. The molecule has 0 unspecified atom stereocenters. The minimum Gasteiger partial charge on any atom is -0.332 e. The van der Waals surface area contributed by atoms with Crippen LogP contribution >= 0.6 is 0 Å². The molecule has 0 aliphatic heterocycles. The maximum absolute atomic E-state index is 5.77. The number of nitrogens with zero attached hydrogens (tertiary/aromatic N) is 2. The summed E-state index contributed by atoms with van der Waals surface area (Å²) in [5.74, 6) is 5.88. The van der Waals surface area contributed by atoms with Crippen LogP contribution < -0.4 is 5.73 Å². The van der Waals surface area contributed by atoms with Crippen molar-refractivity contribution in [3.05, 3.63) is 18.2 Å². The van der Waals surface area contributed by atoms with E-state index in [9.17, 15) is 0 Å². The van der Waals surface area contributed by atoms with E-state index in [4.69, 9.17) is 5.73 Å². The van der Waals surface area contributed by atoms with Gasteiger partial charge in [-0.15, -0.1) is 11.8 Å². The Balaban J connectivity index is 2.63. The molecule has 0 aliphatic carbocycles. The summed E-state index contributed by atoms with van der Waals surface area (Å²) in [6.07, 6.45) is 4.46. The van der Waals surface area contributed by atoms with E-state index in [1.165, 1.54) is 0 Å². The van der Waals surface area contributed by atoms with Gasteiger partial charge in [0.2, 0.25) is 0 Å². The van der Waals surface area contributed by atoms with Gasteiger partial charge in [-0.25, -0.2) is 4.98 Å². The zero-order valence-corrected chi connectivity index (χ0v) is 8.12. The maximum atomic E-state index is 5.77. The topological polar surface area (TPSA) is 43.8 Å². The smallest absolute Gasteiger partial charge is 0.0948 e. The van der Waals surface area contributed by atoms with Crippen LogP contribution in [-0.4, -0.2) is 9.55 Å². The van der Waals surface area contributed by atoms with Crippen LogP contribution in [0.4, 0.5) is 0 Å². The van der Waals surface area contributed by atoms with Crippen LogP contribution in [-0.2, 0) is 6.54 Å². The van der Waals surface area contributed by atoms with Gasteiger partial charge in [0.25, 0.3) is 0 Å². The average molecular weight is 177 g/mol. The summed E-state index contributed by atoms with van der Waals surface area (Å²) in [5.41, 5.74) is 6.83. The van der Waals surface area contributed by atoms with Crippen molar-refractivity contribution >= 4 is 0 Å². The molecule has 1 heterocycles. The molecule has 1 aromatic rings. The lowest BCUT2D eigenvalue weighted by Gasteiger charge is -2.08. The van der Waals surface area contributed by atoms with Gasteiger partial charge >= 0.3 is 0 Å². The second-order valence-corrected chi connectivity index (χ2v) is 2.98. The first-order valence-corrected chi connectivity index (χ1v) is 4.41. The average Bonchev–Trinajstić information content (AvgIpc) is 2.53. The Bertz CT molecular complexity index is 314. The molecule has 13 heavy (non-hydrogen) atoms. The van der Waals surface area contributed by atoms with Crippen molar-refractivity contribution in [2.24, 2.45) is 5.73 Å². The summed E-state index contributed by atoms with van der Waals surface area (Å²) < 4.78 is 2.05. The highest BCUT2D eigenvalue weighted by molar-refractivity contribution is 5.04. The zero-order chi connectivity index (χ0) is 9.68. The zero-order valence-electron chi connectivity index (χ0n) is 8.12. The Labute approximate surface area is 79.0 Å². The summed E-state index contributed by atoms with van der Waals surface area (Å²) in [5, 5.41) is 0. The van der Waals surface area contributed by atoms with Gasteiger partial charge < -0.3 is 10.3 Å². The van der Waals surface area contributed by atoms with E-state index in [2.05, 4.69) is 21.4 Å². The Morgan fingerprint density at radius 3 is 3.08 bits per heavy atom. The number of imidazole rings is 1. The third kappa shape index (κ3) is 2.60. The van der Waals surface area contributed by atoms with Gasteiger partial charge in [-0.3, -0.25) is 0 Å². The third-order valence-corrected chi connectivity index (χ3v) is 1.87. The van der Waals surface area contributed by atoms with Crippen molar-refractivity contribution in [3.63, 3.8) is 0 Å². The molecule has 1 aromatic heterocycles. The van der Waals surface area contributed by atoms with Crippen molar-refractivity contribution in [2.45, 2.75) is 32.9 Å². The fraction of sp³-hybridized carbons (Fsp3) is 0.500. The van der Waals surface area contributed by atoms with Crippen molar-refractivity contribution in [3.8, 4) is 11.8 Å². The van der Waals surface area contributed by atoms with Gasteiger partial charge in [0.1, 0.15) is 0 Å². The molecular formula is C10H15N3. The highest BCUT2D eigenvalue weighted by atomic mass is 15.1. The number of hydrogen-bond acceptors (Lipinski definition) is 2. The molecule has 2 N–H and O–H groups in total. The standard InChI is InChI=1S/C10H15N3/c1-3-4-5-6-13-8-12-7-10(13)9(2)11/h7-9H,5-6,11H2,1-2H3/t9-/m0/s1. The molecular weight excluding hydrogens is 162 g/mol. The first kappa shape index (κ1) is 9.82. The lowest BCUT2D eigenvalue weighted by molar-refractivity contribution is 0.636. The molecule has 0 saturated heterocycles. The van der Waals surface area contributed by atoms with E-state index < -0.39 is 0 Å². The van der Waals surface area contributed by atoms with Gasteiger partial charge in [-0.2, -0.15) is 0 Å². The van der Waals surface area contributed by atoms with Crippen LogP contribution in [0.25, 0.3) is 0 Å². The van der Waals surface area contributed by atoms with Crippen molar-refractivity contribution < 1.29 is 0 Å². The highest BCUT2D eigenvalue weighted by Gasteiger charge is 2.04. The quantitative estimate of drug-likeness (QED) is 0.707. The minimum absolute atomic E-state index is 0.0390. The lowest BCUT2D eigenvalue weighted by atomic mass is 10.2. The minimum atomic E-state index is 0.0390. The van der Waals surface area contributed by atoms with Crippen molar-refractivity contribution in [1.82, 2.24) is 9.55 Å². The molecule has 0 spiro atoms. The van der Waals surface area contributed by atoms with Gasteiger partial charge in [0.05, 0.1) is 12.0 Å². The summed E-state index contributed by atoms with van der Waals surface area (Å²) >= 11 is 0. The molecule has 0 aromatic carbocycles. The van der Waals surface area contributed by atoms with Crippen LogP contribution in [0.15, 0.2) is 12.5 Å². The maximum Gasteiger partial charge on any atom is 0.0948 e. The fourth-order valence-corrected chi connectivity index (χ4v) is 1.20. The molecule has 0 aliphatic rings. The van der Waals surface area contributed by atoms with E-state index in [1.54, 1.807) is 6.33 Å². The number of nitrogens with two attached hydrogens (primary N) is 1. The fourth-order valence-electron chi connectivity index (χ4n) is 1.20. The van der Waals surface area contributed by atoms with E-state index in [0.717, 1.165) is 18.7 Å². The highest BCUT2D eigenvalue weighted by Crippen LogP contribution is 2.08. The molecule has 70 valence electrons. The molecule has 3 nitrogen and oxygen atoms in total. The van der Waals surface area contributed by atoms with Crippen LogP contribution in [0, 0.1) is 11.8 Å². The molecule has 3 heteroatoms. The van der Waals surface area contributed by atoms with Gasteiger partial charge in [-0.1, -0.05) is 0 Å². The summed E-state index contributed by atoms with van der Waals surface area (Å²) in [4.78, 5) is 4.06. The Hall–Kier alpha value is -1.27.